The third kappa shape index (κ3) is 6.90. The van der Waals surface area contributed by atoms with Crippen LogP contribution in [0.15, 0.2) is 51.9 Å². The van der Waals surface area contributed by atoms with Crippen molar-refractivity contribution in [1.29, 1.82) is 0 Å². The Bertz CT molecular complexity index is 817. The van der Waals surface area contributed by atoms with Crippen molar-refractivity contribution in [2.24, 2.45) is 11.8 Å². The molecule has 2 unspecified atom stereocenters. The van der Waals surface area contributed by atoms with Crippen LogP contribution in [0.2, 0.25) is 0 Å². The molecule has 2 atom stereocenters. The van der Waals surface area contributed by atoms with Gasteiger partial charge in [0.25, 0.3) is 0 Å². The number of aliphatic carboxylic acids is 1. The van der Waals surface area contributed by atoms with Gasteiger partial charge in [-0.3, -0.25) is 4.79 Å². The third-order valence-corrected chi connectivity index (χ3v) is 6.80. The number of rotatable bonds is 9. The maximum Gasteiger partial charge on any atom is 0.303 e. The van der Waals surface area contributed by atoms with E-state index in [1.54, 1.807) is 25.1 Å². The summed E-state index contributed by atoms with van der Waals surface area (Å²) in [6.45, 7) is 2.16. The Labute approximate surface area is 169 Å². The minimum Gasteiger partial charge on any atom is -0.481 e. The average molecular weight is 456 g/mol. The van der Waals surface area contributed by atoms with Crippen LogP contribution < -0.4 is 4.72 Å². The van der Waals surface area contributed by atoms with Crippen molar-refractivity contribution in [3.63, 3.8) is 0 Å². The highest BCUT2D eigenvalue weighted by Crippen LogP contribution is 2.27. The predicted molar refractivity (Wildman–Crippen MR) is 110 cm³/mol. The molecular weight excluding hydrogens is 430 g/mol. The van der Waals surface area contributed by atoms with Gasteiger partial charge >= 0.3 is 5.97 Å². The van der Waals surface area contributed by atoms with Gasteiger partial charge in [-0.1, -0.05) is 40.2 Å². The van der Waals surface area contributed by atoms with Crippen LogP contribution in [0.25, 0.3) is 0 Å². The number of aryl methyl sites for hydroxylation is 1. The molecule has 0 heterocycles. The van der Waals surface area contributed by atoms with E-state index in [4.69, 9.17) is 5.11 Å². The lowest BCUT2D eigenvalue weighted by Crippen LogP contribution is -2.33. The Morgan fingerprint density at radius 2 is 2.07 bits per heavy atom. The number of benzene rings is 1. The molecule has 1 aromatic rings. The molecular formula is C20H26BrNO4S. The number of hydrogen-bond donors (Lipinski definition) is 2. The summed E-state index contributed by atoms with van der Waals surface area (Å²) in [7, 11) is -3.55. The number of sulfonamides is 1. The molecule has 0 spiro atoms. The van der Waals surface area contributed by atoms with E-state index in [1.165, 1.54) is 0 Å². The first kappa shape index (κ1) is 21.9. The second-order valence-electron chi connectivity index (χ2n) is 6.84. The van der Waals surface area contributed by atoms with Crippen molar-refractivity contribution in [3.8, 4) is 0 Å². The zero-order valence-corrected chi connectivity index (χ0v) is 17.8. The van der Waals surface area contributed by atoms with Crippen LogP contribution in [0.1, 0.15) is 37.7 Å². The van der Waals surface area contributed by atoms with Crippen molar-refractivity contribution in [3.05, 3.63) is 52.5 Å². The molecule has 0 radical (unpaired) electrons. The lowest BCUT2D eigenvalue weighted by Gasteiger charge is -2.26. The first-order chi connectivity index (χ1) is 12.8. The molecule has 0 bridgehead atoms. The smallest absolute Gasteiger partial charge is 0.303 e. The minimum atomic E-state index is -3.55. The van der Waals surface area contributed by atoms with Gasteiger partial charge in [0.15, 0.2) is 0 Å². The monoisotopic (exact) mass is 455 g/mol. The summed E-state index contributed by atoms with van der Waals surface area (Å²) >= 11 is 3.35. The summed E-state index contributed by atoms with van der Waals surface area (Å²) in [4.78, 5) is 10.9. The number of carboxylic acids is 1. The Balaban J connectivity index is 1.96. The van der Waals surface area contributed by atoms with E-state index < -0.39 is 16.0 Å². The summed E-state index contributed by atoms with van der Waals surface area (Å²) < 4.78 is 28.9. The number of carbonyl (C=O) groups is 1. The lowest BCUT2D eigenvalue weighted by atomic mass is 9.83. The zero-order valence-electron chi connectivity index (χ0n) is 15.4. The fourth-order valence-corrected chi connectivity index (χ4v) is 5.01. The molecule has 1 aliphatic carbocycles. The summed E-state index contributed by atoms with van der Waals surface area (Å²) in [5.41, 5.74) is 0.704. The van der Waals surface area contributed by atoms with E-state index in [-0.39, 0.29) is 18.3 Å². The van der Waals surface area contributed by atoms with Gasteiger partial charge in [0, 0.05) is 17.4 Å². The van der Waals surface area contributed by atoms with E-state index in [0.717, 1.165) is 23.7 Å². The van der Waals surface area contributed by atoms with Crippen LogP contribution >= 0.6 is 15.9 Å². The first-order valence-electron chi connectivity index (χ1n) is 9.09. The summed E-state index contributed by atoms with van der Waals surface area (Å²) in [6, 6.07) is 5.14. The number of hydrogen-bond acceptors (Lipinski definition) is 3. The van der Waals surface area contributed by atoms with Crippen molar-refractivity contribution in [1.82, 2.24) is 4.72 Å². The maximum atomic E-state index is 12.7. The molecule has 7 heteroatoms. The van der Waals surface area contributed by atoms with Crippen LogP contribution in [-0.4, -0.2) is 26.0 Å². The molecule has 0 saturated heterocycles. The maximum absolute atomic E-state index is 12.7. The van der Waals surface area contributed by atoms with Gasteiger partial charge in [-0.15, -0.1) is 0 Å². The molecule has 2 N–H and O–H groups in total. The van der Waals surface area contributed by atoms with Gasteiger partial charge in [-0.25, -0.2) is 13.1 Å². The molecule has 1 aliphatic rings. The highest BCUT2D eigenvalue weighted by molar-refractivity contribution is 9.10. The van der Waals surface area contributed by atoms with E-state index in [2.05, 4.69) is 38.9 Å². The van der Waals surface area contributed by atoms with Crippen molar-refractivity contribution in [2.45, 2.75) is 43.9 Å². The van der Waals surface area contributed by atoms with Gasteiger partial charge in [-0.05, 0) is 68.2 Å². The highest BCUT2D eigenvalue weighted by atomic mass is 79.9. The number of nitrogens with one attached hydrogen (secondary N) is 1. The Morgan fingerprint density at radius 1 is 1.33 bits per heavy atom. The summed E-state index contributed by atoms with van der Waals surface area (Å²) in [5, 5.41) is 8.68. The minimum absolute atomic E-state index is 0.171. The molecule has 0 aliphatic heterocycles. The number of carboxylic acid groups (broad SMARTS) is 1. The fraction of sp³-hybridized carbons (Fsp3) is 0.450. The molecule has 27 heavy (non-hydrogen) atoms. The fourth-order valence-electron chi connectivity index (χ4n) is 3.21. The molecule has 0 amide bonds. The van der Waals surface area contributed by atoms with E-state index in [1.807, 2.05) is 6.08 Å². The average Bonchev–Trinajstić information content (AvgIpc) is 2.60. The topological polar surface area (TPSA) is 83.5 Å². The van der Waals surface area contributed by atoms with Crippen LogP contribution in [0.5, 0.6) is 0 Å². The standard InChI is InChI=1S/C20H26BrNO4S/c1-15-13-18(21)11-12-19(15)27(25,26)22-14-17-9-6-5-8-16(17)7-3-2-4-10-20(23)24/h3,5-7,11-13,16-17,22H,2,4,8-10,14H2,1H3,(H,23,24)/b7-3-. The summed E-state index contributed by atoms with van der Waals surface area (Å²) in [5.74, 6) is -0.329. The summed E-state index contributed by atoms with van der Waals surface area (Å²) in [6.07, 6.45) is 11.6. The Kier molecular flexibility index (Phi) is 8.26. The van der Waals surface area contributed by atoms with Crippen molar-refractivity contribution >= 4 is 31.9 Å². The first-order valence-corrected chi connectivity index (χ1v) is 11.4. The molecule has 2 rings (SSSR count). The third-order valence-electron chi connectivity index (χ3n) is 4.73. The molecule has 0 saturated carbocycles. The van der Waals surface area contributed by atoms with Crippen LogP contribution in [0, 0.1) is 18.8 Å². The van der Waals surface area contributed by atoms with Crippen LogP contribution in [-0.2, 0) is 14.8 Å². The van der Waals surface area contributed by atoms with Gasteiger partial charge < -0.3 is 5.11 Å². The molecule has 148 valence electrons. The van der Waals surface area contributed by atoms with E-state index in [9.17, 15) is 13.2 Å². The number of allylic oxidation sites excluding steroid dienone is 4. The second kappa shape index (κ2) is 10.2. The predicted octanol–water partition coefficient (Wildman–Crippen LogP) is 4.43. The second-order valence-corrected chi connectivity index (χ2v) is 9.49. The quantitative estimate of drug-likeness (QED) is 0.426. The van der Waals surface area contributed by atoms with Crippen molar-refractivity contribution < 1.29 is 18.3 Å². The Morgan fingerprint density at radius 3 is 2.78 bits per heavy atom. The van der Waals surface area contributed by atoms with Gasteiger partial charge in [0.1, 0.15) is 0 Å². The lowest BCUT2D eigenvalue weighted by molar-refractivity contribution is -0.137. The van der Waals surface area contributed by atoms with Crippen LogP contribution in [0.3, 0.4) is 0 Å². The SMILES string of the molecule is Cc1cc(Br)ccc1S(=O)(=O)NCC1CC=CCC1/C=C\CCCC(=O)O. The van der Waals surface area contributed by atoms with Gasteiger partial charge in [0.2, 0.25) is 10.0 Å². The molecule has 0 aromatic heterocycles. The Hall–Kier alpha value is -1.44. The molecule has 5 nitrogen and oxygen atoms in total. The zero-order chi connectivity index (χ0) is 19.9. The largest absolute Gasteiger partial charge is 0.481 e. The van der Waals surface area contributed by atoms with E-state index in [0.29, 0.717) is 23.4 Å². The van der Waals surface area contributed by atoms with Gasteiger partial charge in [-0.2, -0.15) is 0 Å². The molecule has 0 fully saturated rings. The van der Waals surface area contributed by atoms with Gasteiger partial charge in [0.05, 0.1) is 4.90 Å². The highest BCUT2D eigenvalue weighted by Gasteiger charge is 2.24. The van der Waals surface area contributed by atoms with Crippen molar-refractivity contribution in [2.75, 3.05) is 6.54 Å². The number of halogens is 1. The molecule has 1 aromatic carbocycles. The number of unbranched alkanes of at least 4 members (excludes halogenated alkanes) is 1. The normalized spacial score (nSPS) is 20.2. The van der Waals surface area contributed by atoms with Crippen LogP contribution in [0.4, 0.5) is 0 Å². The van der Waals surface area contributed by atoms with E-state index >= 15 is 0 Å².